The molecule has 2 rings (SSSR count). The van der Waals surface area contributed by atoms with Crippen molar-refractivity contribution < 1.29 is 19.4 Å². The van der Waals surface area contributed by atoms with Crippen molar-refractivity contribution in [2.45, 2.75) is 25.6 Å². The Morgan fingerprint density at radius 1 is 1.53 bits per heavy atom. The van der Waals surface area contributed by atoms with Crippen LogP contribution in [0.15, 0.2) is 24.3 Å². The van der Waals surface area contributed by atoms with Gasteiger partial charge in [-0.25, -0.2) is 0 Å². The number of Topliss-reactive ketones (excluding diaryl/α,β-unsaturated/α-hetero) is 1. The monoisotopic (exact) mass is 236 g/mol. The molecule has 1 heterocycles. The third-order valence-corrected chi connectivity index (χ3v) is 2.51. The summed E-state index contributed by atoms with van der Waals surface area (Å²) in [4.78, 5) is 12.0. The van der Waals surface area contributed by atoms with Crippen LogP contribution in [0.4, 0.5) is 0 Å². The highest BCUT2D eigenvalue weighted by molar-refractivity contribution is 6.03. The molecular weight excluding hydrogens is 220 g/mol. The number of epoxide rings is 1. The summed E-state index contributed by atoms with van der Waals surface area (Å²) >= 11 is 0. The maximum Gasteiger partial charge on any atom is 0.197 e. The number of ketones is 1. The highest BCUT2D eigenvalue weighted by atomic mass is 16.6. The quantitative estimate of drug-likeness (QED) is 0.620. The number of hydrogen-bond donors (Lipinski definition) is 1. The van der Waals surface area contributed by atoms with E-state index in [9.17, 15) is 9.90 Å². The van der Waals surface area contributed by atoms with Gasteiger partial charge >= 0.3 is 0 Å². The number of rotatable bonds is 5. The molecule has 0 aromatic heterocycles. The van der Waals surface area contributed by atoms with Crippen LogP contribution in [0.5, 0.6) is 5.75 Å². The van der Waals surface area contributed by atoms with Gasteiger partial charge in [-0.1, -0.05) is 12.1 Å². The molecule has 0 saturated carbocycles. The molecule has 4 heteroatoms. The average Bonchev–Trinajstić information content (AvgIpc) is 3.08. The first-order valence-corrected chi connectivity index (χ1v) is 5.59. The van der Waals surface area contributed by atoms with E-state index in [2.05, 4.69) is 0 Å². The number of benzene rings is 1. The van der Waals surface area contributed by atoms with Crippen molar-refractivity contribution in [2.75, 3.05) is 13.2 Å². The molecule has 1 saturated heterocycles. The third kappa shape index (κ3) is 3.05. The van der Waals surface area contributed by atoms with Gasteiger partial charge < -0.3 is 14.6 Å². The topological polar surface area (TPSA) is 59.1 Å². The lowest BCUT2D eigenvalue weighted by Gasteiger charge is -2.17. The summed E-state index contributed by atoms with van der Waals surface area (Å²) in [5.74, 6) is 0.153. The Labute approximate surface area is 100 Å². The molecule has 0 radical (unpaired) electrons. The molecule has 4 nitrogen and oxygen atoms in total. The van der Waals surface area contributed by atoms with Gasteiger partial charge in [-0.15, -0.1) is 0 Å². The SMILES string of the molecule is CC(C)(O)C(=O)c1ccccc1OCC1CO1. The molecule has 1 aliphatic rings. The van der Waals surface area contributed by atoms with Crippen LogP contribution in [0.25, 0.3) is 0 Å². The lowest BCUT2D eigenvalue weighted by atomic mass is 9.96. The summed E-state index contributed by atoms with van der Waals surface area (Å²) < 4.78 is 10.6. The number of para-hydroxylation sites is 1. The molecular formula is C13H16O4. The largest absolute Gasteiger partial charge is 0.490 e. The van der Waals surface area contributed by atoms with E-state index in [0.717, 1.165) is 0 Å². The van der Waals surface area contributed by atoms with Gasteiger partial charge in [-0.05, 0) is 26.0 Å². The first-order chi connectivity index (χ1) is 7.98. The number of ether oxygens (including phenoxy) is 2. The van der Waals surface area contributed by atoms with Gasteiger partial charge in [-0.3, -0.25) is 4.79 Å². The van der Waals surface area contributed by atoms with Crippen LogP contribution < -0.4 is 4.74 Å². The molecule has 0 spiro atoms. The summed E-state index contributed by atoms with van der Waals surface area (Å²) in [6.45, 7) is 4.09. The van der Waals surface area contributed by atoms with Gasteiger partial charge in [0.25, 0.3) is 0 Å². The van der Waals surface area contributed by atoms with Crippen molar-refractivity contribution in [1.82, 2.24) is 0 Å². The van der Waals surface area contributed by atoms with E-state index in [1.54, 1.807) is 24.3 Å². The molecule has 1 aromatic rings. The van der Waals surface area contributed by atoms with Gasteiger partial charge in [-0.2, -0.15) is 0 Å². The minimum Gasteiger partial charge on any atom is -0.490 e. The second-order valence-corrected chi connectivity index (χ2v) is 4.65. The second-order valence-electron chi connectivity index (χ2n) is 4.65. The summed E-state index contributed by atoms with van der Waals surface area (Å²) in [7, 11) is 0. The molecule has 1 aliphatic heterocycles. The molecule has 1 unspecified atom stereocenters. The zero-order valence-corrected chi connectivity index (χ0v) is 9.97. The molecule has 1 aromatic carbocycles. The lowest BCUT2D eigenvalue weighted by Crippen LogP contribution is -2.31. The van der Waals surface area contributed by atoms with Crippen LogP contribution in [-0.4, -0.2) is 35.8 Å². The Hall–Kier alpha value is -1.39. The maximum atomic E-state index is 12.0. The molecule has 1 N–H and O–H groups in total. The van der Waals surface area contributed by atoms with Crippen LogP contribution in [0.2, 0.25) is 0 Å². The molecule has 1 fully saturated rings. The van der Waals surface area contributed by atoms with Crippen molar-refractivity contribution >= 4 is 5.78 Å². The van der Waals surface area contributed by atoms with E-state index >= 15 is 0 Å². The van der Waals surface area contributed by atoms with E-state index in [1.807, 2.05) is 0 Å². The van der Waals surface area contributed by atoms with Gasteiger partial charge in [0.05, 0.1) is 12.2 Å². The number of carbonyl (C=O) groups excluding carboxylic acids is 1. The highest BCUT2D eigenvalue weighted by Gasteiger charge is 2.29. The van der Waals surface area contributed by atoms with Crippen molar-refractivity contribution in [2.24, 2.45) is 0 Å². The highest BCUT2D eigenvalue weighted by Crippen LogP contribution is 2.24. The molecule has 0 amide bonds. The number of aliphatic hydroxyl groups is 1. The average molecular weight is 236 g/mol. The fourth-order valence-corrected chi connectivity index (χ4v) is 1.46. The van der Waals surface area contributed by atoms with Crippen molar-refractivity contribution in [1.29, 1.82) is 0 Å². The van der Waals surface area contributed by atoms with Crippen LogP contribution in [0, 0.1) is 0 Å². The van der Waals surface area contributed by atoms with Gasteiger partial charge in [0.1, 0.15) is 24.1 Å². The van der Waals surface area contributed by atoms with Crippen LogP contribution in [-0.2, 0) is 4.74 Å². The van der Waals surface area contributed by atoms with Crippen LogP contribution in [0.1, 0.15) is 24.2 Å². The third-order valence-electron chi connectivity index (χ3n) is 2.51. The first kappa shape index (κ1) is 12.1. The predicted octanol–water partition coefficient (Wildman–Crippen LogP) is 1.42. The lowest BCUT2D eigenvalue weighted by molar-refractivity contribution is 0.0483. The molecule has 17 heavy (non-hydrogen) atoms. The summed E-state index contributed by atoms with van der Waals surface area (Å²) in [6.07, 6.45) is 0.139. The van der Waals surface area contributed by atoms with Gasteiger partial charge in [0.2, 0.25) is 0 Å². The van der Waals surface area contributed by atoms with Gasteiger partial charge in [0.15, 0.2) is 5.78 Å². The Morgan fingerprint density at radius 2 is 2.18 bits per heavy atom. The predicted molar refractivity (Wildman–Crippen MR) is 62.3 cm³/mol. The van der Waals surface area contributed by atoms with Crippen molar-refractivity contribution in [3.8, 4) is 5.75 Å². The Bertz CT molecular complexity index is 416. The van der Waals surface area contributed by atoms with E-state index in [-0.39, 0.29) is 11.9 Å². The Balaban J connectivity index is 2.17. The second kappa shape index (κ2) is 4.47. The summed E-state index contributed by atoms with van der Waals surface area (Å²) in [6, 6.07) is 6.93. The van der Waals surface area contributed by atoms with E-state index in [0.29, 0.717) is 24.5 Å². The minimum absolute atomic E-state index is 0.139. The number of hydrogen-bond acceptors (Lipinski definition) is 4. The summed E-state index contributed by atoms with van der Waals surface area (Å²) in [5.41, 5.74) is -0.990. The molecule has 0 aliphatic carbocycles. The van der Waals surface area contributed by atoms with Crippen LogP contribution >= 0.6 is 0 Å². The fraction of sp³-hybridized carbons (Fsp3) is 0.462. The van der Waals surface area contributed by atoms with E-state index in [1.165, 1.54) is 13.8 Å². The van der Waals surface area contributed by atoms with E-state index < -0.39 is 5.60 Å². The Kier molecular flexibility index (Phi) is 3.17. The fourth-order valence-electron chi connectivity index (χ4n) is 1.46. The van der Waals surface area contributed by atoms with Crippen LogP contribution in [0.3, 0.4) is 0 Å². The minimum atomic E-state index is -1.39. The molecule has 0 bridgehead atoms. The smallest absolute Gasteiger partial charge is 0.197 e. The standard InChI is InChI=1S/C13H16O4/c1-13(2,15)12(14)10-5-3-4-6-11(10)17-8-9-7-16-9/h3-6,9,15H,7-8H2,1-2H3. The summed E-state index contributed by atoms with van der Waals surface area (Å²) in [5, 5.41) is 9.72. The number of carbonyl (C=O) groups is 1. The molecule has 1 atom stereocenters. The maximum absolute atomic E-state index is 12.0. The Morgan fingerprint density at radius 3 is 2.76 bits per heavy atom. The van der Waals surface area contributed by atoms with Crippen molar-refractivity contribution in [3.63, 3.8) is 0 Å². The van der Waals surface area contributed by atoms with Gasteiger partial charge in [0, 0.05) is 0 Å². The van der Waals surface area contributed by atoms with E-state index in [4.69, 9.17) is 9.47 Å². The normalized spacial score (nSPS) is 18.9. The zero-order chi connectivity index (χ0) is 12.5. The molecule has 92 valence electrons. The van der Waals surface area contributed by atoms with Crippen molar-refractivity contribution in [3.05, 3.63) is 29.8 Å². The first-order valence-electron chi connectivity index (χ1n) is 5.59. The zero-order valence-electron chi connectivity index (χ0n) is 9.97.